The van der Waals surface area contributed by atoms with E-state index in [-0.39, 0.29) is 0 Å². The van der Waals surface area contributed by atoms with Crippen LogP contribution in [-0.2, 0) is 0 Å². The number of likely N-dealkylation sites (tertiary alicyclic amines) is 1. The summed E-state index contributed by atoms with van der Waals surface area (Å²) in [6.45, 7) is 8.16. The van der Waals surface area contributed by atoms with Crippen LogP contribution in [0.4, 0.5) is 0 Å². The van der Waals surface area contributed by atoms with Gasteiger partial charge >= 0.3 is 0 Å². The van der Waals surface area contributed by atoms with Gasteiger partial charge in [-0.15, -0.1) is 0 Å². The van der Waals surface area contributed by atoms with Gasteiger partial charge in [-0.25, -0.2) is 0 Å². The Morgan fingerprint density at radius 3 is 2.35 bits per heavy atom. The summed E-state index contributed by atoms with van der Waals surface area (Å²) in [5, 5.41) is 0. The lowest BCUT2D eigenvalue weighted by atomic mass is 9.74. The van der Waals surface area contributed by atoms with E-state index >= 15 is 0 Å². The van der Waals surface area contributed by atoms with Crippen molar-refractivity contribution in [1.82, 2.24) is 4.90 Å². The molecule has 1 aliphatic heterocycles. The predicted molar refractivity (Wildman–Crippen MR) is 87.9 cm³/mol. The van der Waals surface area contributed by atoms with Gasteiger partial charge in [0.15, 0.2) is 0 Å². The fourth-order valence-electron chi connectivity index (χ4n) is 4.61. The molecule has 2 aliphatic rings. The average molecular weight is 280 g/mol. The molecule has 2 N–H and O–H groups in total. The third-order valence-electron chi connectivity index (χ3n) is 6.21. The Morgan fingerprint density at radius 1 is 1.00 bits per heavy atom. The molecule has 1 atom stereocenters. The summed E-state index contributed by atoms with van der Waals surface area (Å²) in [6, 6.07) is 0. The topological polar surface area (TPSA) is 29.3 Å². The zero-order valence-corrected chi connectivity index (χ0v) is 13.9. The summed E-state index contributed by atoms with van der Waals surface area (Å²) in [4.78, 5) is 2.80. The zero-order chi connectivity index (χ0) is 14.4. The van der Waals surface area contributed by atoms with Crippen molar-refractivity contribution in [3.05, 3.63) is 0 Å². The maximum atomic E-state index is 6.26. The summed E-state index contributed by atoms with van der Waals surface area (Å²) in [5.74, 6) is 1.95. The highest BCUT2D eigenvalue weighted by Gasteiger charge is 2.39. The van der Waals surface area contributed by atoms with E-state index in [9.17, 15) is 0 Å². The van der Waals surface area contributed by atoms with Gasteiger partial charge in [-0.2, -0.15) is 0 Å². The second kappa shape index (κ2) is 7.79. The van der Waals surface area contributed by atoms with Gasteiger partial charge < -0.3 is 5.73 Å². The fraction of sp³-hybridized carbons (Fsp3) is 1.00. The second-order valence-electron chi connectivity index (χ2n) is 7.35. The van der Waals surface area contributed by atoms with Crippen molar-refractivity contribution in [2.45, 2.75) is 83.6 Å². The monoisotopic (exact) mass is 280 g/mol. The molecular weight excluding hydrogens is 244 g/mol. The molecule has 0 amide bonds. The molecule has 1 unspecified atom stereocenters. The van der Waals surface area contributed by atoms with Gasteiger partial charge in [-0.3, -0.25) is 4.90 Å². The SMILES string of the molecule is CCCC1CCC(CN)(N2CCCC(CC)CC2)CC1. The van der Waals surface area contributed by atoms with Crippen molar-refractivity contribution in [3.8, 4) is 0 Å². The molecule has 2 rings (SSSR count). The first-order valence-electron chi connectivity index (χ1n) is 9.19. The maximum absolute atomic E-state index is 6.26. The standard InChI is InChI=1S/C18H36N2/c1-3-6-17-8-11-18(15-19,12-9-17)20-13-5-7-16(4-2)10-14-20/h16-17H,3-15,19H2,1-2H3. The summed E-state index contributed by atoms with van der Waals surface area (Å²) < 4.78 is 0. The highest BCUT2D eigenvalue weighted by molar-refractivity contribution is 4.96. The average Bonchev–Trinajstić information content (AvgIpc) is 2.74. The molecule has 0 aromatic carbocycles. The van der Waals surface area contributed by atoms with E-state index in [1.54, 1.807) is 0 Å². The van der Waals surface area contributed by atoms with E-state index in [2.05, 4.69) is 18.7 Å². The lowest BCUT2D eigenvalue weighted by Crippen LogP contribution is -2.56. The van der Waals surface area contributed by atoms with Crippen LogP contribution in [0.5, 0.6) is 0 Å². The molecule has 2 fully saturated rings. The van der Waals surface area contributed by atoms with Crippen molar-refractivity contribution >= 4 is 0 Å². The van der Waals surface area contributed by atoms with Crippen LogP contribution in [-0.4, -0.2) is 30.1 Å². The van der Waals surface area contributed by atoms with Gasteiger partial charge in [0.25, 0.3) is 0 Å². The van der Waals surface area contributed by atoms with Crippen LogP contribution in [0.1, 0.15) is 78.1 Å². The molecule has 0 bridgehead atoms. The van der Waals surface area contributed by atoms with Gasteiger partial charge in [0.2, 0.25) is 0 Å². The van der Waals surface area contributed by atoms with Crippen LogP contribution in [0.25, 0.3) is 0 Å². The van der Waals surface area contributed by atoms with E-state index < -0.39 is 0 Å². The lowest BCUT2D eigenvalue weighted by Gasteiger charge is -2.47. The van der Waals surface area contributed by atoms with Gasteiger partial charge in [0.1, 0.15) is 0 Å². The highest BCUT2D eigenvalue weighted by atomic mass is 15.2. The molecule has 1 heterocycles. The smallest absolute Gasteiger partial charge is 0.0331 e. The van der Waals surface area contributed by atoms with Gasteiger partial charge in [-0.05, 0) is 69.9 Å². The lowest BCUT2D eigenvalue weighted by molar-refractivity contribution is 0.0426. The van der Waals surface area contributed by atoms with Crippen LogP contribution in [0.2, 0.25) is 0 Å². The minimum absolute atomic E-state index is 0.354. The summed E-state index contributed by atoms with van der Waals surface area (Å²) in [6.07, 6.45) is 13.9. The van der Waals surface area contributed by atoms with Crippen molar-refractivity contribution in [1.29, 1.82) is 0 Å². The van der Waals surface area contributed by atoms with Crippen molar-refractivity contribution in [2.75, 3.05) is 19.6 Å². The molecule has 1 aliphatic carbocycles. The predicted octanol–water partition coefficient (Wildman–Crippen LogP) is 4.19. The van der Waals surface area contributed by atoms with Crippen molar-refractivity contribution < 1.29 is 0 Å². The molecule has 0 spiro atoms. The summed E-state index contributed by atoms with van der Waals surface area (Å²) in [5.41, 5.74) is 6.62. The minimum atomic E-state index is 0.354. The molecule has 2 heteroatoms. The van der Waals surface area contributed by atoms with Gasteiger partial charge in [0.05, 0.1) is 0 Å². The molecule has 1 saturated heterocycles. The molecular formula is C18H36N2. The maximum Gasteiger partial charge on any atom is 0.0331 e. The van der Waals surface area contributed by atoms with E-state index in [4.69, 9.17) is 5.73 Å². The van der Waals surface area contributed by atoms with Crippen molar-refractivity contribution in [2.24, 2.45) is 17.6 Å². The van der Waals surface area contributed by atoms with Crippen LogP contribution < -0.4 is 5.73 Å². The van der Waals surface area contributed by atoms with E-state index in [1.165, 1.54) is 77.3 Å². The van der Waals surface area contributed by atoms with Crippen LogP contribution in [0, 0.1) is 11.8 Å². The zero-order valence-electron chi connectivity index (χ0n) is 13.9. The first kappa shape index (κ1) is 16.3. The van der Waals surface area contributed by atoms with Crippen LogP contribution in [0.15, 0.2) is 0 Å². The molecule has 0 aromatic rings. The molecule has 1 saturated carbocycles. The molecule has 20 heavy (non-hydrogen) atoms. The third kappa shape index (κ3) is 3.76. The normalized spacial score (nSPS) is 36.8. The van der Waals surface area contributed by atoms with E-state index in [1.807, 2.05) is 0 Å². The molecule has 0 aromatic heterocycles. The van der Waals surface area contributed by atoms with Gasteiger partial charge in [0, 0.05) is 12.1 Å². The number of nitrogens with two attached hydrogens (primary N) is 1. The van der Waals surface area contributed by atoms with Crippen LogP contribution in [0.3, 0.4) is 0 Å². The summed E-state index contributed by atoms with van der Waals surface area (Å²) >= 11 is 0. The number of nitrogens with zero attached hydrogens (tertiary/aromatic N) is 1. The largest absolute Gasteiger partial charge is 0.329 e. The third-order valence-corrected chi connectivity index (χ3v) is 6.21. The number of hydrogen-bond acceptors (Lipinski definition) is 2. The van der Waals surface area contributed by atoms with Crippen LogP contribution >= 0.6 is 0 Å². The number of rotatable bonds is 5. The Kier molecular flexibility index (Phi) is 6.35. The van der Waals surface area contributed by atoms with E-state index in [0.717, 1.165) is 18.4 Å². The second-order valence-corrected chi connectivity index (χ2v) is 7.35. The first-order chi connectivity index (χ1) is 9.74. The fourth-order valence-corrected chi connectivity index (χ4v) is 4.61. The first-order valence-corrected chi connectivity index (χ1v) is 9.19. The van der Waals surface area contributed by atoms with Gasteiger partial charge in [-0.1, -0.05) is 33.1 Å². The molecule has 118 valence electrons. The molecule has 0 radical (unpaired) electrons. The number of hydrogen-bond donors (Lipinski definition) is 1. The summed E-state index contributed by atoms with van der Waals surface area (Å²) in [7, 11) is 0. The Morgan fingerprint density at radius 2 is 1.75 bits per heavy atom. The Bertz CT molecular complexity index is 269. The Hall–Kier alpha value is -0.0800. The van der Waals surface area contributed by atoms with E-state index in [0.29, 0.717) is 5.54 Å². The Balaban J connectivity index is 1.94. The highest BCUT2D eigenvalue weighted by Crippen LogP contribution is 2.39. The molecule has 2 nitrogen and oxygen atoms in total. The quantitative estimate of drug-likeness (QED) is 0.818. The Labute approximate surface area is 126 Å². The minimum Gasteiger partial charge on any atom is -0.329 e. The van der Waals surface area contributed by atoms with Crippen molar-refractivity contribution in [3.63, 3.8) is 0 Å².